The van der Waals surface area contributed by atoms with Gasteiger partial charge in [0.05, 0.1) is 16.0 Å². The highest BCUT2D eigenvalue weighted by atomic mass is 32.1. The maximum Gasteiger partial charge on any atom is 0.417 e. The van der Waals surface area contributed by atoms with E-state index in [1.54, 1.807) is 24.3 Å². The van der Waals surface area contributed by atoms with Gasteiger partial charge in [-0.2, -0.15) is 0 Å². The Bertz CT molecular complexity index is 836. The van der Waals surface area contributed by atoms with Gasteiger partial charge in [-0.3, -0.25) is 10.1 Å². The molecule has 0 saturated heterocycles. The molecule has 8 heteroatoms. The second kappa shape index (κ2) is 4.42. The number of carboxylic acid groups (broad SMARTS) is 1. The number of aromatic nitrogens is 2. The van der Waals surface area contributed by atoms with Gasteiger partial charge >= 0.3 is 11.1 Å². The third-order valence-corrected chi connectivity index (χ3v) is 3.66. The molecule has 3 rings (SSSR count). The van der Waals surface area contributed by atoms with Crippen LogP contribution in [0.3, 0.4) is 0 Å². The Morgan fingerprint density at radius 1 is 1.40 bits per heavy atom. The van der Waals surface area contributed by atoms with E-state index >= 15 is 0 Å². The zero-order valence-electron chi connectivity index (χ0n) is 9.89. The number of hydrogen-bond acceptors (Lipinski definition) is 5. The van der Waals surface area contributed by atoms with Crippen LogP contribution in [0.15, 0.2) is 35.7 Å². The second-order valence-electron chi connectivity index (χ2n) is 3.97. The van der Waals surface area contributed by atoms with Crippen molar-refractivity contribution in [2.75, 3.05) is 0 Å². The minimum absolute atomic E-state index is 0.0519. The zero-order chi connectivity index (χ0) is 14.3. The molecule has 0 saturated carbocycles. The van der Waals surface area contributed by atoms with Crippen LogP contribution in [-0.2, 0) is 0 Å². The summed E-state index contributed by atoms with van der Waals surface area (Å²) in [5.74, 6) is 0.183. The summed E-state index contributed by atoms with van der Waals surface area (Å²) in [5.41, 5.74) is 1.39. The van der Waals surface area contributed by atoms with Crippen molar-refractivity contribution in [2.45, 2.75) is 0 Å². The summed E-state index contributed by atoms with van der Waals surface area (Å²) in [6, 6.07) is 8.12. The SMILES string of the molecule is O=C(O)n1c(-c2csc([N+](=O)[O-])c2)nc2ccccc21. The molecule has 0 spiro atoms. The average Bonchev–Trinajstić information content (AvgIpc) is 3.02. The van der Waals surface area contributed by atoms with E-state index in [0.29, 0.717) is 16.6 Å². The fourth-order valence-electron chi connectivity index (χ4n) is 1.95. The summed E-state index contributed by atoms with van der Waals surface area (Å²) in [5, 5.41) is 21.5. The lowest BCUT2D eigenvalue weighted by atomic mass is 10.3. The molecule has 7 nitrogen and oxygen atoms in total. The molecule has 0 radical (unpaired) electrons. The molecule has 0 aliphatic heterocycles. The molecule has 2 aromatic heterocycles. The molecule has 0 aliphatic carbocycles. The van der Waals surface area contributed by atoms with E-state index in [2.05, 4.69) is 4.98 Å². The Hall–Kier alpha value is -2.74. The Morgan fingerprint density at radius 3 is 2.80 bits per heavy atom. The van der Waals surface area contributed by atoms with Gasteiger partial charge in [0.1, 0.15) is 0 Å². The Kier molecular flexibility index (Phi) is 2.72. The quantitative estimate of drug-likeness (QED) is 0.577. The first kappa shape index (κ1) is 12.3. The van der Waals surface area contributed by atoms with Crippen LogP contribution in [-0.4, -0.2) is 25.7 Å². The van der Waals surface area contributed by atoms with Crippen LogP contribution < -0.4 is 0 Å². The maximum atomic E-state index is 11.4. The predicted octanol–water partition coefficient (Wildman–Crippen LogP) is 3.20. The standard InChI is InChI=1S/C12H7N3O4S/c16-12(17)14-9-4-2-1-3-8(9)13-11(14)7-5-10(15(18)19)20-6-7/h1-6H,(H,16,17). The van der Waals surface area contributed by atoms with E-state index in [1.165, 1.54) is 11.4 Å². The van der Waals surface area contributed by atoms with Crippen molar-refractivity contribution in [2.24, 2.45) is 0 Å². The van der Waals surface area contributed by atoms with Gasteiger partial charge < -0.3 is 5.11 Å². The molecule has 0 aliphatic rings. The van der Waals surface area contributed by atoms with Gasteiger partial charge in [-0.05, 0) is 12.1 Å². The summed E-state index contributed by atoms with van der Waals surface area (Å²) >= 11 is 0.937. The van der Waals surface area contributed by atoms with Crippen molar-refractivity contribution >= 4 is 33.5 Å². The predicted molar refractivity (Wildman–Crippen MR) is 73.1 cm³/mol. The van der Waals surface area contributed by atoms with Crippen LogP contribution in [0, 0.1) is 10.1 Å². The topological polar surface area (TPSA) is 98.3 Å². The van der Waals surface area contributed by atoms with E-state index in [1.807, 2.05) is 0 Å². The lowest BCUT2D eigenvalue weighted by Crippen LogP contribution is -2.09. The molecular weight excluding hydrogens is 282 g/mol. The highest BCUT2D eigenvalue weighted by Gasteiger charge is 2.20. The molecule has 1 N–H and O–H groups in total. The van der Waals surface area contributed by atoms with Crippen LogP contribution in [0.1, 0.15) is 0 Å². The molecule has 2 heterocycles. The number of hydrogen-bond donors (Lipinski definition) is 1. The Labute approximate surface area is 115 Å². The summed E-state index contributed by atoms with van der Waals surface area (Å²) in [6.45, 7) is 0. The summed E-state index contributed by atoms with van der Waals surface area (Å²) in [7, 11) is 0. The van der Waals surface area contributed by atoms with Crippen molar-refractivity contribution in [3.05, 3.63) is 45.8 Å². The van der Waals surface area contributed by atoms with Gasteiger partial charge in [-0.15, -0.1) is 0 Å². The minimum atomic E-state index is -1.18. The van der Waals surface area contributed by atoms with E-state index < -0.39 is 11.0 Å². The number of nitro groups is 1. The summed E-state index contributed by atoms with van der Waals surface area (Å²) in [6.07, 6.45) is -1.18. The third-order valence-electron chi connectivity index (χ3n) is 2.78. The highest BCUT2D eigenvalue weighted by molar-refractivity contribution is 7.13. The number of para-hydroxylation sites is 2. The fraction of sp³-hybridized carbons (Fsp3) is 0. The number of rotatable bonds is 2. The Morgan fingerprint density at radius 2 is 2.15 bits per heavy atom. The van der Waals surface area contributed by atoms with Crippen LogP contribution in [0.2, 0.25) is 0 Å². The van der Waals surface area contributed by atoms with Crippen molar-refractivity contribution in [3.63, 3.8) is 0 Å². The van der Waals surface area contributed by atoms with Crippen LogP contribution in [0.25, 0.3) is 22.4 Å². The normalized spacial score (nSPS) is 10.8. The van der Waals surface area contributed by atoms with Crippen molar-refractivity contribution in [3.8, 4) is 11.4 Å². The largest absolute Gasteiger partial charge is 0.464 e. The summed E-state index contributed by atoms with van der Waals surface area (Å²) in [4.78, 5) is 25.8. The van der Waals surface area contributed by atoms with Gasteiger partial charge in [0.2, 0.25) is 0 Å². The molecular formula is C12H7N3O4S. The Balaban J connectivity index is 2.26. The first-order valence-electron chi connectivity index (χ1n) is 5.52. The lowest BCUT2D eigenvalue weighted by molar-refractivity contribution is -0.380. The fourth-order valence-corrected chi connectivity index (χ4v) is 2.65. The van der Waals surface area contributed by atoms with Gasteiger partial charge in [0.15, 0.2) is 5.82 Å². The molecule has 20 heavy (non-hydrogen) atoms. The van der Waals surface area contributed by atoms with E-state index in [9.17, 15) is 20.0 Å². The first-order valence-corrected chi connectivity index (χ1v) is 6.40. The van der Waals surface area contributed by atoms with Crippen molar-refractivity contribution < 1.29 is 14.8 Å². The molecule has 0 atom stereocenters. The molecule has 0 unspecified atom stereocenters. The average molecular weight is 289 g/mol. The number of benzene rings is 1. The van der Waals surface area contributed by atoms with E-state index in [4.69, 9.17) is 0 Å². The minimum Gasteiger partial charge on any atom is -0.464 e. The number of thiophene rings is 1. The number of nitrogens with zero attached hydrogens (tertiary/aromatic N) is 3. The molecule has 0 amide bonds. The molecule has 0 fully saturated rings. The maximum absolute atomic E-state index is 11.4. The second-order valence-corrected chi connectivity index (χ2v) is 4.86. The number of imidazole rings is 1. The number of fused-ring (bicyclic) bond motifs is 1. The van der Waals surface area contributed by atoms with E-state index in [0.717, 1.165) is 15.9 Å². The molecule has 1 aromatic carbocycles. The summed E-state index contributed by atoms with van der Waals surface area (Å²) < 4.78 is 1.03. The third kappa shape index (κ3) is 1.82. The highest BCUT2D eigenvalue weighted by Crippen LogP contribution is 2.31. The van der Waals surface area contributed by atoms with Crippen LogP contribution in [0.5, 0.6) is 0 Å². The van der Waals surface area contributed by atoms with E-state index in [-0.39, 0.29) is 10.8 Å². The van der Waals surface area contributed by atoms with Crippen LogP contribution >= 0.6 is 11.3 Å². The first-order chi connectivity index (χ1) is 9.58. The molecule has 3 aromatic rings. The van der Waals surface area contributed by atoms with Gasteiger partial charge in [-0.1, -0.05) is 23.5 Å². The molecule has 0 bridgehead atoms. The van der Waals surface area contributed by atoms with Gasteiger partial charge in [0.25, 0.3) is 0 Å². The van der Waals surface area contributed by atoms with Gasteiger partial charge in [0, 0.05) is 17.0 Å². The molecule has 100 valence electrons. The van der Waals surface area contributed by atoms with Crippen molar-refractivity contribution in [1.29, 1.82) is 0 Å². The lowest BCUT2D eigenvalue weighted by Gasteiger charge is -2.00. The smallest absolute Gasteiger partial charge is 0.417 e. The van der Waals surface area contributed by atoms with Gasteiger partial charge in [-0.25, -0.2) is 14.3 Å². The van der Waals surface area contributed by atoms with Crippen molar-refractivity contribution in [1.82, 2.24) is 9.55 Å². The number of carbonyl (C=O) groups is 1. The zero-order valence-corrected chi connectivity index (χ0v) is 10.7. The van der Waals surface area contributed by atoms with Crippen LogP contribution in [0.4, 0.5) is 9.80 Å². The monoisotopic (exact) mass is 289 g/mol.